The zero-order chi connectivity index (χ0) is 17.5. The molecule has 2 aromatic heterocycles. The van der Waals surface area contributed by atoms with Crippen LogP contribution in [0.3, 0.4) is 0 Å². The molecule has 3 aromatic carbocycles. The summed E-state index contributed by atoms with van der Waals surface area (Å²) in [5.41, 5.74) is 5.15. The number of thiophene rings is 1. The van der Waals surface area contributed by atoms with Gasteiger partial charge in [-0.1, -0.05) is 56.3 Å². The summed E-state index contributed by atoms with van der Waals surface area (Å²) in [6.07, 6.45) is 1.99. The first kappa shape index (κ1) is 14.5. The van der Waals surface area contributed by atoms with Gasteiger partial charge in [-0.15, -0.1) is 11.3 Å². The Labute approximate surface area is 155 Å². The van der Waals surface area contributed by atoms with E-state index in [1.54, 1.807) is 0 Å². The van der Waals surface area contributed by atoms with Gasteiger partial charge in [0.05, 0.1) is 5.69 Å². The van der Waals surface area contributed by atoms with Gasteiger partial charge in [0.2, 0.25) is 0 Å². The van der Waals surface area contributed by atoms with Gasteiger partial charge in [-0.2, -0.15) is 0 Å². The van der Waals surface area contributed by atoms with Gasteiger partial charge in [-0.05, 0) is 34.9 Å². The summed E-state index contributed by atoms with van der Waals surface area (Å²) in [4.78, 5) is 4.85. The van der Waals surface area contributed by atoms with E-state index in [0.29, 0.717) is 0 Å². The Hall–Kier alpha value is -2.71. The van der Waals surface area contributed by atoms with E-state index in [4.69, 9.17) is 4.98 Å². The van der Waals surface area contributed by atoms with Gasteiger partial charge in [-0.3, -0.25) is 4.98 Å². The van der Waals surface area contributed by atoms with Crippen molar-refractivity contribution < 1.29 is 0 Å². The highest BCUT2D eigenvalue weighted by Gasteiger charge is 2.35. The van der Waals surface area contributed by atoms with Crippen LogP contribution in [-0.4, -0.2) is 4.98 Å². The van der Waals surface area contributed by atoms with Gasteiger partial charge < -0.3 is 0 Å². The Kier molecular flexibility index (Phi) is 2.62. The molecule has 1 nitrogen and oxygen atoms in total. The lowest BCUT2D eigenvalue weighted by molar-refractivity contribution is 0.622. The molecule has 124 valence electrons. The van der Waals surface area contributed by atoms with Crippen LogP contribution in [0.5, 0.6) is 0 Å². The number of aromatic nitrogens is 1. The van der Waals surface area contributed by atoms with Crippen LogP contribution in [0.1, 0.15) is 25.1 Å². The van der Waals surface area contributed by atoms with E-state index in [0.717, 1.165) is 0 Å². The average Bonchev–Trinajstić information content (AvgIpc) is 3.05. The molecule has 1 aliphatic carbocycles. The van der Waals surface area contributed by atoms with Crippen molar-refractivity contribution in [2.45, 2.75) is 19.3 Å². The maximum atomic E-state index is 4.85. The summed E-state index contributed by atoms with van der Waals surface area (Å²) >= 11 is 1.90. The number of hydrogen-bond donors (Lipinski definition) is 0. The van der Waals surface area contributed by atoms with Crippen molar-refractivity contribution in [3.8, 4) is 11.1 Å². The fourth-order valence-corrected chi connectivity index (χ4v) is 5.84. The SMILES string of the molecule is CC1(C)c2ccccc2-c2cc3c4ccccc4sc3c3ccnc1c23. The molecule has 2 heterocycles. The van der Waals surface area contributed by atoms with Crippen LogP contribution in [-0.2, 0) is 5.41 Å². The summed E-state index contributed by atoms with van der Waals surface area (Å²) in [6.45, 7) is 4.59. The van der Waals surface area contributed by atoms with Crippen molar-refractivity contribution in [3.05, 3.63) is 78.1 Å². The Morgan fingerprint density at radius 1 is 0.808 bits per heavy atom. The van der Waals surface area contributed by atoms with E-state index < -0.39 is 0 Å². The zero-order valence-corrected chi connectivity index (χ0v) is 15.5. The van der Waals surface area contributed by atoms with Crippen LogP contribution >= 0.6 is 11.3 Å². The first-order valence-electron chi connectivity index (χ1n) is 8.99. The third-order valence-electron chi connectivity index (χ3n) is 5.87. The number of nitrogens with zero attached hydrogens (tertiary/aromatic N) is 1. The third kappa shape index (κ3) is 1.63. The highest BCUT2D eigenvalue weighted by molar-refractivity contribution is 7.26. The van der Waals surface area contributed by atoms with Gasteiger partial charge in [0.15, 0.2) is 0 Å². The van der Waals surface area contributed by atoms with Crippen molar-refractivity contribution >= 4 is 42.3 Å². The number of pyridine rings is 1. The minimum absolute atomic E-state index is 0.0898. The molecule has 0 radical (unpaired) electrons. The number of fused-ring (bicyclic) bond motifs is 6. The maximum Gasteiger partial charge on any atom is 0.0588 e. The fourth-order valence-electron chi connectivity index (χ4n) is 4.63. The molecule has 0 bridgehead atoms. The highest BCUT2D eigenvalue weighted by Crippen LogP contribution is 2.51. The third-order valence-corrected chi connectivity index (χ3v) is 7.09. The first-order valence-corrected chi connectivity index (χ1v) is 9.81. The largest absolute Gasteiger partial charge is 0.260 e. The minimum Gasteiger partial charge on any atom is -0.260 e. The van der Waals surface area contributed by atoms with E-state index in [2.05, 4.69) is 74.5 Å². The zero-order valence-electron chi connectivity index (χ0n) is 14.7. The molecule has 2 heteroatoms. The topological polar surface area (TPSA) is 12.9 Å². The van der Waals surface area contributed by atoms with Crippen molar-refractivity contribution in [3.63, 3.8) is 0 Å². The normalized spacial score (nSPS) is 14.8. The molecule has 0 fully saturated rings. The van der Waals surface area contributed by atoms with E-state index >= 15 is 0 Å². The molecule has 6 rings (SSSR count). The predicted octanol–water partition coefficient (Wildman–Crippen LogP) is 6.91. The average molecular weight is 351 g/mol. The molecular formula is C24H17NS. The summed E-state index contributed by atoms with van der Waals surface area (Å²) in [5, 5.41) is 5.38. The second-order valence-electron chi connectivity index (χ2n) is 7.65. The van der Waals surface area contributed by atoms with Crippen LogP contribution in [0, 0.1) is 0 Å². The van der Waals surface area contributed by atoms with Gasteiger partial charge in [0.1, 0.15) is 0 Å². The molecule has 0 atom stereocenters. The lowest BCUT2D eigenvalue weighted by Gasteiger charge is -2.34. The highest BCUT2D eigenvalue weighted by atomic mass is 32.1. The van der Waals surface area contributed by atoms with E-state index in [9.17, 15) is 0 Å². The van der Waals surface area contributed by atoms with Crippen LogP contribution in [0.15, 0.2) is 66.9 Å². The Morgan fingerprint density at radius 2 is 1.62 bits per heavy atom. The van der Waals surface area contributed by atoms with Crippen molar-refractivity contribution in [1.29, 1.82) is 0 Å². The fraction of sp³-hybridized carbons (Fsp3) is 0.125. The molecule has 0 amide bonds. The van der Waals surface area contributed by atoms with Crippen molar-refractivity contribution in [2.75, 3.05) is 0 Å². The molecule has 5 aromatic rings. The first-order chi connectivity index (χ1) is 12.7. The van der Waals surface area contributed by atoms with Crippen molar-refractivity contribution in [1.82, 2.24) is 4.98 Å². The summed E-state index contributed by atoms with van der Waals surface area (Å²) < 4.78 is 2.73. The van der Waals surface area contributed by atoms with Crippen molar-refractivity contribution in [2.24, 2.45) is 0 Å². The summed E-state index contributed by atoms with van der Waals surface area (Å²) in [5.74, 6) is 0. The molecule has 0 aliphatic heterocycles. The summed E-state index contributed by atoms with van der Waals surface area (Å²) in [6, 6.07) is 22.2. The lowest BCUT2D eigenvalue weighted by atomic mass is 9.71. The Morgan fingerprint density at radius 3 is 2.54 bits per heavy atom. The molecule has 0 saturated heterocycles. The molecule has 26 heavy (non-hydrogen) atoms. The lowest BCUT2D eigenvalue weighted by Crippen LogP contribution is -2.25. The minimum atomic E-state index is -0.0898. The maximum absolute atomic E-state index is 4.85. The smallest absolute Gasteiger partial charge is 0.0588 e. The standard InChI is InChI=1S/C24H17NS/c1-24(2)19-9-5-3-7-14(19)17-13-18-15-8-4-6-10-20(15)26-22(18)16-11-12-25-23(24)21(16)17/h3-13H,1-2H3. The summed E-state index contributed by atoms with van der Waals surface area (Å²) in [7, 11) is 0. The van der Waals surface area contributed by atoms with Gasteiger partial charge in [0, 0.05) is 42.6 Å². The molecule has 0 N–H and O–H groups in total. The Balaban J connectivity index is 1.93. The molecular weight excluding hydrogens is 334 g/mol. The number of benzene rings is 3. The van der Waals surface area contributed by atoms with Gasteiger partial charge in [-0.25, -0.2) is 0 Å². The quantitative estimate of drug-likeness (QED) is 0.295. The van der Waals surface area contributed by atoms with E-state index in [1.807, 2.05) is 17.5 Å². The number of rotatable bonds is 0. The molecule has 0 saturated carbocycles. The second kappa shape index (κ2) is 4.72. The number of hydrogen-bond acceptors (Lipinski definition) is 2. The Bertz CT molecular complexity index is 1360. The predicted molar refractivity (Wildman–Crippen MR) is 112 cm³/mol. The van der Waals surface area contributed by atoms with Crippen LogP contribution in [0.2, 0.25) is 0 Å². The van der Waals surface area contributed by atoms with Gasteiger partial charge >= 0.3 is 0 Å². The van der Waals surface area contributed by atoms with E-state index in [1.165, 1.54) is 53.3 Å². The molecule has 0 unspecified atom stereocenters. The second-order valence-corrected chi connectivity index (χ2v) is 8.70. The monoisotopic (exact) mass is 351 g/mol. The molecule has 1 aliphatic rings. The van der Waals surface area contributed by atoms with E-state index in [-0.39, 0.29) is 5.41 Å². The van der Waals surface area contributed by atoms with Crippen LogP contribution in [0.4, 0.5) is 0 Å². The van der Waals surface area contributed by atoms with Crippen LogP contribution < -0.4 is 0 Å². The van der Waals surface area contributed by atoms with Crippen LogP contribution in [0.25, 0.3) is 42.1 Å². The molecule has 0 spiro atoms. The van der Waals surface area contributed by atoms with Gasteiger partial charge in [0.25, 0.3) is 0 Å².